The largest absolute Gasteiger partial charge is 0.461 e. The molecule has 13 nitrogen and oxygen atoms in total. The van der Waals surface area contributed by atoms with Gasteiger partial charge in [-0.3, -0.25) is 33.6 Å². The standard InChI is InChI=1S/C51H90O13/c1-9-13-17-21-27-39(5)48(55)59-35-44(36-60-49(56)40(6)28-22-18-14-10-2)63-46(53)33-25-31-43(52)32-26-34-47(54)64-45(37-61-50(57)41(7)29-23-19-15-11-3)38-62-51(58)42(8)30-24-20-16-12-4/h39-42,44-45H,9-38H2,1-8H3. The van der Waals surface area contributed by atoms with Crippen molar-refractivity contribution in [3.63, 3.8) is 0 Å². The van der Waals surface area contributed by atoms with Crippen molar-refractivity contribution in [3.8, 4) is 0 Å². The summed E-state index contributed by atoms with van der Waals surface area (Å²) in [6.07, 6.45) is 17.7. The number of rotatable bonds is 42. The van der Waals surface area contributed by atoms with Gasteiger partial charge in [-0.25, -0.2) is 0 Å². The molecule has 0 heterocycles. The smallest absolute Gasteiger partial charge is 0.308 e. The average molecular weight is 911 g/mol. The summed E-state index contributed by atoms with van der Waals surface area (Å²) in [7, 11) is 0. The van der Waals surface area contributed by atoms with Gasteiger partial charge < -0.3 is 28.4 Å². The molecule has 4 atom stereocenters. The van der Waals surface area contributed by atoms with Gasteiger partial charge in [-0.1, -0.05) is 158 Å². The normalized spacial score (nSPS) is 14.0. The number of Topliss-reactive ketones (excluding diaryl/α,β-unsaturated/α-hetero) is 1. The maximum Gasteiger partial charge on any atom is 0.308 e. The Morgan fingerprint density at radius 1 is 0.328 bits per heavy atom. The molecule has 372 valence electrons. The highest BCUT2D eigenvalue weighted by Crippen LogP contribution is 2.18. The number of esters is 6. The monoisotopic (exact) mass is 911 g/mol. The van der Waals surface area contributed by atoms with Gasteiger partial charge in [-0.2, -0.15) is 0 Å². The van der Waals surface area contributed by atoms with E-state index in [2.05, 4.69) is 27.7 Å². The number of hydrogen-bond acceptors (Lipinski definition) is 13. The molecule has 4 unspecified atom stereocenters. The van der Waals surface area contributed by atoms with Crippen LogP contribution in [0, 0.1) is 23.7 Å². The summed E-state index contributed by atoms with van der Waals surface area (Å²) in [5, 5.41) is 0. The summed E-state index contributed by atoms with van der Waals surface area (Å²) in [5.41, 5.74) is 0. The van der Waals surface area contributed by atoms with E-state index in [1.807, 2.05) is 0 Å². The van der Waals surface area contributed by atoms with Crippen molar-refractivity contribution in [2.45, 2.75) is 235 Å². The van der Waals surface area contributed by atoms with Crippen LogP contribution in [0.25, 0.3) is 0 Å². The molecule has 0 aromatic rings. The number of unbranched alkanes of at least 4 members (excludes halogenated alkanes) is 12. The van der Waals surface area contributed by atoms with Crippen molar-refractivity contribution in [2.75, 3.05) is 26.4 Å². The second kappa shape index (κ2) is 39.8. The van der Waals surface area contributed by atoms with Gasteiger partial charge in [0, 0.05) is 25.7 Å². The predicted molar refractivity (Wildman–Crippen MR) is 248 cm³/mol. The van der Waals surface area contributed by atoms with Crippen LogP contribution in [-0.2, 0) is 62.0 Å². The summed E-state index contributed by atoms with van der Waals surface area (Å²) < 4.78 is 33.2. The lowest BCUT2D eigenvalue weighted by molar-refractivity contribution is -0.169. The fraction of sp³-hybridized carbons (Fsp3) is 0.863. The third kappa shape index (κ3) is 33.0. The van der Waals surface area contributed by atoms with Crippen LogP contribution in [0.15, 0.2) is 0 Å². The van der Waals surface area contributed by atoms with Crippen LogP contribution in [-0.4, -0.2) is 80.2 Å². The van der Waals surface area contributed by atoms with E-state index >= 15 is 0 Å². The van der Waals surface area contributed by atoms with E-state index in [0.717, 1.165) is 103 Å². The van der Waals surface area contributed by atoms with E-state index in [1.54, 1.807) is 27.7 Å². The maximum absolute atomic E-state index is 12.9. The Labute approximate surface area is 387 Å². The highest BCUT2D eigenvalue weighted by molar-refractivity contribution is 5.80. The van der Waals surface area contributed by atoms with Crippen molar-refractivity contribution in [1.82, 2.24) is 0 Å². The summed E-state index contributed by atoms with van der Waals surface area (Å²) >= 11 is 0. The molecule has 0 saturated heterocycles. The van der Waals surface area contributed by atoms with Gasteiger partial charge in [0.25, 0.3) is 0 Å². The third-order valence-corrected chi connectivity index (χ3v) is 11.5. The number of ether oxygens (including phenoxy) is 6. The van der Waals surface area contributed by atoms with Crippen molar-refractivity contribution < 1.29 is 62.0 Å². The van der Waals surface area contributed by atoms with Crippen LogP contribution < -0.4 is 0 Å². The molecular formula is C51H90O13. The van der Waals surface area contributed by atoms with E-state index in [0.29, 0.717) is 25.7 Å². The van der Waals surface area contributed by atoms with Crippen molar-refractivity contribution in [3.05, 3.63) is 0 Å². The molecule has 0 amide bonds. The van der Waals surface area contributed by atoms with E-state index in [9.17, 15) is 33.6 Å². The summed E-state index contributed by atoms with van der Waals surface area (Å²) in [5.74, 6) is -4.26. The quantitative estimate of drug-likeness (QED) is 0.0322. The van der Waals surface area contributed by atoms with E-state index in [1.165, 1.54) is 0 Å². The molecule has 0 saturated carbocycles. The number of carbonyl (C=O) groups is 7. The van der Waals surface area contributed by atoms with Gasteiger partial charge in [-0.15, -0.1) is 0 Å². The minimum atomic E-state index is -0.990. The Kier molecular flexibility index (Phi) is 37.6. The van der Waals surface area contributed by atoms with Crippen molar-refractivity contribution >= 4 is 41.6 Å². The molecule has 64 heavy (non-hydrogen) atoms. The minimum Gasteiger partial charge on any atom is -0.461 e. The molecule has 0 aliphatic rings. The zero-order chi connectivity index (χ0) is 48.0. The van der Waals surface area contributed by atoms with Gasteiger partial charge in [-0.05, 0) is 38.5 Å². The van der Waals surface area contributed by atoms with Gasteiger partial charge in [0.1, 0.15) is 32.2 Å². The number of hydrogen-bond donors (Lipinski definition) is 0. The SMILES string of the molecule is CCCCCCC(C)C(=O)OCC(COC(=O)C(C)CCCCCC)OC(=O)CCCC(=O)CCCC(=O)OC(COC(=O)C(C)CCCCCC)COC(=O)C(C)CCCCCC. The first-order valence-corrected chi connectivity index (χ1v) is 25.3. The highest BCUT2D eigenvalue weighted by atomic mass is 16.6. The molecule has 0 N–H and O–H groups in total. The van der Waals surface area contributed by atoms with Crippen LogP contribution in [0.1, 0.15) is 222 Å². The highest BCUT2D eigenvalue weighted by Gasteiger charge is 2.25. The zero-order valence-corrected chi connectivity index (χ0v) is 41.5. The number of carbonyl (C=O) groups excluding carboxylic acids is 7. The first-order chi connectivity index (χ1) is 30.7. The van der Waals surface area contributed by atoms with Gasteiger partial charge in [0.05, 0.1) is 23.7 Å². The van der Waals surface area contributed by atoms with Gasteiger partial charge >= 0.3 is 35.8 Å². The fourth-order valence-electron chi connectivity index (χ4n) is 6.96. The van der Waals surface area contributed by atoms with Gasteiger partial charge in [0.15, 0.2) is 12.2 Å². The zero-order valence-electron chi connectivity index (χ0n) is 41.5. The Hall–Kier alpha value is -3.51. The van der Waals surface area contributed by atoms with E-state index in [4.69, 9.17) is 28.4 Å². The second-order valence-corrected chi connectivity index (χ2v) is 18.0. The van der Waals surface area contributed by atoms with Gasteiger partial charge in [0.2, 0.25) is 0 Å². The van der Waals surface area contributed by atoms with E-state index < -0.39 is 48.0 Å². The van der Waals surface area contributed by atoms with Crippen LogP contribution in [0.2, 0.25) is 0 Å². The second-order valence-electron chi connectivity index (χ2n) is 18.0. The number of ketones is 1. The lowest BCUT2D eigenvalue weighted by atomic mass is 10.0. The molecule has 0 bridgehead atoms. The maximum atomic E-state index is 12.9. The Morgan fingerprint density at radius 3 is 0.812 bits per heavy atom. The lowest BCUT2D eigenvalue weighted by Gasteiger charge is -2.20. The average Bonchev–Trinajstić information content (AvgIpc) is 3.27. The Balaban J connectivity index is 5.13. The molecule has 0 spiro atoms. The Morgan fingerprint density at radius 2 is 0.578 bits per heavy atom. The third-order valence-electron chi connectivity index (χ3n) is 11.5. The van der Waals surface area contributed by atoms with Crippen LogP contribution in [0.3, 0.4) is 0 Å². The molecule has 0 rings (SSSR count). The van der Waals surface area contributed by atoms with Crippen molar-refractivity contribution in [1.29, 1.82) is 0 Å². The fourth-order valence-corrected chi connectivity index (χ4v) is 6.96. The molecule has 13 heteroatoms. The molecule has 0 fully saturated rings. The first kappa shape index (κ1) is 60.5. The predicted octanol–water partition coefficient (Wildman–Crippen LogP) is 11.3. The lowest BCUT2D eigenvalue weighted by Crippen LogP contribution is -2.32. The van der Waals surface area contributed by atoms with Crippen LogP contribution in [0.4, 0.5) is 0 Å². The van der Waals surface area contributed by atoms with E-state index in [-0.39, 0.29) is 94.4 Å². The minimum absolute atomic E-state index is 0.0751. The summed E-state index contributed by atoms with van der Waals surface area (Å²) in [6.45, 7) is 14.7. The molecule has 0 aliphatic heterocycles. The van der Waals surface area contributed by atoms with Crippen molar-refractivity contribution in [2.24, 2.45) is 23.7 Å². The van der Waals surface area contributed by atoms with Crippen LogP contribution in [0.5, 0.6) is 0 Å². The van der Waals surface area contributed by atoms with Crippen LogP contribution >= 0.6 is 0 Å². The summed E-state index contributed by atoms with van der Waals surface area (Å²) in [6, 6.07) is 0. The molecule has 0 aromatic carbocycles. The summed E-state index contributed by atoms with van der Waals surface area (Å²) in [4.78, 5) is 89.3. The molecule has 0 aromatic heterocycles. The topological polar surface area (TPSA) is 175 Å². The molecule has 0 radical (unpaired) electrons. The molecule has 0 aliphatic carbocycles. The first-order valence-electron chi connectivity index (χ1n) is 25.3. The Bertz CT molecular complexity index is 1120. The molecular weight excluding hydrogens is 821 g/mol.